The van der Waals surface area contributed by atoms with Gasteiger partial charge in [-0.3, -0.25) is 4.79 Å². The van der Waals surface area contributed by atoms with Crippen molar-refractivity contribution in [2.45, 2.75) is 18.6 Å². The van der Waals surface area contributed by atoms with E-state index in [1.807, 2.05) is 41.8 Å². The molecule has 1 atom stereocenters. The fraction of sp³-hybridized carbons (Fsp3) is 0.400. The first-order valence-corrected chi connectivity index (χ1v) is 7.92. The maximum Gasteiger partial charge on any atom is 0.246 e. The van der Waals surface area contributed by atoms with Crippen molar-refractivity contribution in [2.24, 2.45) is 0 Å². The summed E-state index contributed by atoms with van der Waals surface area (Å²) >= 11 is 8.14. The van der Waals surface area contributed by atoms with Crippen molar-refractivity contribution < 1.29 is 4.79 Å². The minimum Gasteiger partial charge on any atom is -0.338 e. The van der Waals surface area contributed by atoms with E-state index in [0.29, 0.717) is 5.25 Å². The van der Waals surface area contributed by atoms with Gasteiger partial charge in [0.1, 0.15) is 0 Å². The third-order valence-electron chi connectivity index (χ3n) is 3.21. The second kappa shape index (κ2) is 7.01. The molecule has 0 aliphatic carbocycles. The number of carbonyl (C=O) groups excluding carboxylic acids is 1. The molecule has 0 N–H and O–H groups in total. The summed E-state index contributed by atoms with van der Waals surface area (Å²) < 4.78 is 0. The van der Waals surface area contributed by atoms with E-state index in [0.717, 1.165) is 30.3 Å². The Bertz CT molecular complexity index is 475. The summed E-state index contributed by atoms with van der Waals surface area (Å²) in [4.78, 5) is 13.8. The van der Waals surface area contributed by atoms with E-state index in [2.05, 4.69) is 6.07 Å². The Morgan fingerprint density at radius 1 is 1.42 bits per heavy atom. The van der Waals surface area contributed by atoms with Crippen LogP contribution in [0.2, 0.25) is 5.02 Å². The van der Waals surface area contributed by atoms with Gasteiger partial charge in [0.25, 0.3) is 0 Å². The van der Waals surface area contributed by atoms with E-state index in [4.69, 9.17) is 11.6 Å². The third kappa shape index (κ3) is 3.77. The van der Waals surface area contributed by atoms with Crippen LogP contribution in [-0.2, 0) is 4.79 Å². The summed E-state index contributed by atoms with van der Waals surface area (Å²) in [5, 5.41) is 1.21. The Morgan fingerprint density at radius 2 is 2.21 bits per heavy atom. The van der Waals surface area contributed by atoms with Crippen LogP contribution in [0.15, 0.2) is 36.4 Å². The van der Waals surface area contributed by atoms with Gasteiger partial charge in [0.15, 0.2) is 0 Å². The molecule has 1 aromatic rings. The highest BCUT2D eigenvalue weighted by molar-refractivity contribution is 7.99. The topological polar surface area (TPSA) is 20.3 Å². The highest BCUT2D eigenvalue weighted by Crippen LogP contribution is 2.37. The number of benzene rings is 1. The minimum absolute atomic E-state index is 0.114. The summed E-state index contributed by atoms with van der Waals surface area (Å²) in [7, 11) is 0. The Morgan fingerprint density at radius 3 is 2.95 bits per heavy atom. The highest BCUT2D eigenvalue weighted by atomic mass is 35.5. The molecular weight excluding hydrogens is 278 g/mol. The summed E-state index contributed by atoms with van der Waals surface area (Å²) in [6, 6.07) is 8.00. The van der Waals surface area contributed by atoms with Crippen LogP contribution >= 0.6 is 23.4 Å². The molecule has 0 radical (unpaired) electrons. The van der Waals surface area contributed by atoms with Crippen molar-refractivity contribution in [3.63, 3.8) is 0 Å². The Hall–Kier alpha value is -0.930. The maximum absolute atomic E-state index is 11.9. The van der Waals surface area contributed by atoms with Gasteiger partial charge < -0.3 is 4.90 Å². The molecular formula is C15H18ClNOS. The molecule has 0 aromatic heterocycles. The first-order valence-electron chi connectivity index (χ1n) is 6.50. The van der Waals surface area contributed by atoms with Crippen LogP contribution in [-0.4, -0.2) is 29.6 Å². The maximum atomic E-state index is 11.9. The molecule has 2 rings (SSSR count). The lowest BCUT2D eigenvalue weighted by Crippen LogP contribution is -2.31. The van der Waals surface area contributed by atoms with Gasteiger partial charge in [-0.15, -0.1) is 0 Å². The average Bonchev–Trinajstić information content (AvgIpc) is 2.65. The van der Waals surface area contributed by atoms with E-state index >= 15 is 0 Å². The fourth-order valence-electron chi connectivity index (χ4n) is 2.22. The first kappa shape index (κ1) is 14.5. The zero-order valence-corrected chi connectivity index (χ0v) is 12.6. The van der Waals surface area contributed by atoms with Crippen molar-refractivity contribution in [2.75, 3.05) is 18.8 Å². The van der Waals surface area contributed by atoms with Gasteiger partial charge in [0, 0.05) is 29.1 Å². The van der Waals surface area contributed by atoms with Gasteiger partial charge >= 0.3 is 0 Å². The second-order valence-corrected chi connectivity index (χ2v) is 6.21. The number of hydrogen-bond acceptors (Lipinski definition) is 2. The van der Waals surface area contributed by atoms with Crippen molar-refractivity contribution in [1.82, 2.24) is 4.90 Å². The van der Waals surface area contributed by atoms with Crippen LogP contribution in [0.5, 0.6) is 0 Å². The monoisotopic (exact) mass is 295 g/mol. The second-order valence-electron chi connectivity index (χ2n) is 4.49. The van der Waals surface area contributed by atoms with Crippen LogP contribution in [0.4, 0.5) is 0 Å². The van der Waals surface area contributed by atoms with Gasteiger partial charge in [0.2, 0.25) is 5.91 Å². The predicted octanol–water partition coefficient (Wildman–Crippen LogP) is 3.92. The molecule has 0 bridgehead atoms. The van der Waals surface area contributed by atoms with Gasteiger partial charge in [-0.1, -0.05) is 35.9 Å². The lowest BCUT2D eigenvalue weighted by Gasteiger charge is -2.18. The average molecular weight is 296 g/mol. The minimum atomic E-state index is 0.114. The molecule has 1 aliphatic rings. The standard InChI is InChI=1S/C15H18ClNOS/c1-2-5-15(18)17-9-8-14(19-11-10-17)12-6-3-4-7-13(12)16/h2-7,14H,8-11H2,1H3/b5-2+. The molecule has 1 saturated heterocycles. The third-order valence-corrected chi connectivity index (χ3v) is 4.87. The predicted molar refractivity (Wildman–Crippen MR) is 82.7 cm³/mol. The summed E-state index contributed by atoms with van der Waals surface area (Å²) in [5.74, 6) is 1.07. The van der Waals surface area contributed by atoms with E-state index in [1.165, 1.54) is 5.56 Å². The van der Waals surface area contributed by atoms with Crippen molar-refractivity contribution in [3.05, 3.63) is 47.0 Å². The first-order chi connectivity index (χ1) is 9.22. The fourth-order valence-corrected chi connectivity index (χ4v) is 3.82. The van der Waals surface area contributed by atoms with E-state index in [1.54, 1.807) is 12.2 Å². The zero-order valence-electron chi connectivity index (χ0n) is 11.0. The summed E-state index contributed by atoms with van der Waals surface area (Å²) in [6.45, 7) is 3.48. The van der Waals surface area contributed by atoms with Crippen molar-refractivity contribution in [3.8, 4) is 0 Å². The Labute approximate surface area is 123 Å². The molecule has 1 aromatic carbocycles. The Kier molecular flexibility index (Phi) is 5.34. The lowest BCUT2D eigenvalue weighted by molar-refractivity contribution is -0.125. The molecule has 1 heterocycles. The van der Waals surface area contributed by atoms with Gasteiger partial charge in [-0.05, 0) is 31.1 Å². The number of allylic oxidation sites excluding steroid dienone is 1. The SMILES string of the molecule is C/C=C/C(=O)N1CCSC(c2ccccc2Cl)CC1. The number of hydrogen-bond donors (Lipinski definition) is 0. The van der Waals surface area contributed by atoms with Crippen molar-refractivity contribution in [1.29, 1.82) is 0 Å². The smallest absolute Gasteiger partial charge is 0.246 e. The number of halogens is 1. The number of rotatable bonds is 2. The largest absolute Gasteiger partial charge is 0.338 e. The van der Waals surface area contributed by atoms with Crippen molar-refractivity contribution >= 4 is 29.3 Å². The molecule has 102 valence electrons. The summed E-state index contributed by atoms with van der Waals surface area (Å²) in [5.41, 5.74) is 1.19. The number of nitrogens with zero attached hydrogens (tertiary/aromatic N) is 1. The van der Waals surface area contributed by atoms with Crippen LogP contribution < -0.4 is 0 Å². The normalized spacial score (nSPS) is 20.5. The van der Waals surface area contributed by atoms with Gasteiger partial charge in [-0.2, -0.15) is 11.8 Å². The van der Waals surface area contributed by atoms with Crippen LogP contribution in [0.1, 0.15) is 24.2 Å². The van der Waals surface area contributed by atoms with Gasteiger partial charge in [0.05, 0.1) is 0 Å². The van der Waals surface area contributed by atoms with E-state index in [9.17, 15) is 4.79 Å². The molecule has 0 spiro atoms. The van der Waals surface area contributed by atoms with Crippen LogP contribution in [0.25, 0.3) is 0 Å². The van der Waals surface area contributed by atoms with E-state index in [-0.39, 0.29) is 5.91 Å². The molecule has 1 aliphatic heterocycles. The molecule has 4 heteroatoms. The van der Waals surface area contributed by atoms with Crippen LogP contribution in [0.3, 0.4) is 0 Å². The van der Waals surface area contributed by atoms with Gasteiger partial charge in [-0.25, -0.2) is 0 Å². The quantitative estimate of drug-likeness (QED) is 0.771. The molecule has 2 nitrogen and oxygen atoms in total. The lowest BCUT2D eigenvalue weighted by atomic mass is 10.1. The molecule has 1 unspecified atom stereocenters. The molecule has 0 saturated carbocycles. The molecule has 19 heavy (non-hydrogen) atoms. The number of thioether (sulfide) groups is 1. The summed E-state index contributed by atoms with van der Waals surface area (Å²) in [6.07, 6.45) is 4.39. The number of amides is 1. The Balaban J connectivity index is 2.05. The zero-order chi connectivity index (χ0) is 13.7. The highest BCUT2D eigenvalue weighted by Gasteiger charge is 2.22. The number of carbonyl (C=O) groups is 1. The molecule has 1 fully saturated rings. The van der Waals surface area contributed by atoms with E-state index < -0.39 is 0 Å². The molecule has 1 amide bonds. The van der Waals surface area contributed by atoms with Crippen LogP contribution in [0, 0.1) is 0 Å².